The van der Waals surface area contributed by atoms with E-state index in [1.807, 2.05) is 20.8 Å². The molecule has 0 heterocycles. The molecule has 6 heteroatoms. The van der Waals surface area contributed by atoms with E-state index in [2.05, 4.69) is 0 Å². The highest BCUT2D eigenvalue weighted by Crippen LogP contribution is 2.69. The fourth-order valence-electron chi connectivity index (χ4n) is 10.2. The highest BCUT2D eigenvalue weighted by Gasteiger charge is 2.67. The Balaban J connectivity index is 0.967. The quantitative estimate of drug-likeness (QED) is 0.343. The molecule has 8 aliphatic carbocycles. The molecule has 0 aromatic heterocycles. The lowest BCUT2D eigenvalue weighted by molar-refractivity contribution is -0.176. The van der Waals surface area contributed by atoms with E-state index < -0.39 is 5.41 Å². The van der Waals surface area contributed by atoms with Gasteiger partial charge in [-0.15, -0.1) is 0 Å². The maximum atomic E-state index is 13.1. The molecule has 0 radical (unpaired) electrons. The van der Waals surface area contributed by atoms with Crippen LogP contribution >= 0.6 is 0 Å². The summed E-state index contributed by atoms with van der Waals surface area (Å²) in [6.45, 7) is 5.72. The molecule has 0 amide bonds. The SMILES string of the molecule is CC(C)(C)C(=O)OC1CC2CC1C1C3CC(CC3C(=O)OCOC3C4CC5CC(C4=O)C3C5)C21. The Morgan fingerprint density at radius 2 is 1.59 bits per heavy atom. The minimum Gasteiger partial charge on any atom is -0.462 e. The average Bonchev–Trinajstić information content (AvgIpc) is 3.59. The van der Waals surface area contributed by atoms with Crippen molar-refractivity contribution < 1.29 is 28.6 Å². The van der Waals surface area contributed by atoms with Crippen LogP contribution in [-0.4, -0.2) is 36.7 Å². The van der Waals surface area contributed by atoms with Gasteiger partial charge in [0.15, 0.2) is 6.79 Å². The molecule has 0 aliphatic heterocycles. The zero-order chi connectivity index (χ0) is 23.5. The van der Waals surface area contributed by atoms with E-state index in [4.69, 9.17) is 14.2 Å². The Bertz CT molecular complexity index is 920. The summed E-state index contributed by atoms with van der Waals surface area (Å²) in [5, 5.41) is 0. The van der Waals surface area contributed by atoms with E-state index in [9.17, 15) is 14.4 Å². The van der Waals surface area contributed by atoms with Gasteiger partial charge < -0.3 is 14.2 Å². The zero-order valence-corrected chi connectivity index (χ0v) is 20.6. The standard InChI is InChI=1S/C28H38O6/c1-28(2,3)27(31)34-21-10-14-9-19(21)23-15-7-13(22(14)23)8-18(15)26(30)33-11-32-25-17-5-12-4-16(17)24(29)20(25)6-12/h12-23,25H,4-11H2,1-3H3. The maximum Gasteiger partial charge on any atom is 0.311 e. The number of esters is 2. The first-order chi connectivity index (χ1) is 16.2. The summed E-state index contributed by atoms with van der Waals surface area (Å²) in [5.41, 5.74) is -0.481. The number of carbonyl (C=O) groups is 3. The molecular weight excluding hydrogens is 432 g/mol. The summed E-state index contributed by atoms with van der Waals surface area (Å²) in [4.78, 5) is 38.2. The minimum atomic E-state index is -0.481. The number of ketones is 1. The molecular formula is C28H38O6. The van der Waals surface area contributed by atoms with E-state index in [1.165, 1.54) is 0 Å². The van der Waals surface area contributed by atoms with Crippen LogP contribution in [-0.2, 0) is 28.6 Å². The largest absolute Gasteiger partial charge is 0.462 e. The van der Waals surface area contributed by atoms with Crippen molar-refractivity contribution >= 4 is 17.7 Å². The van der Waals surface area contributed by atoms with Crippen molar-refractivity contribution in [3.8, 4) is 0 Å². The minimum absolute atomic E-state index is 0.0129. The van der Waals surface area contributed by atoms with Crippen molar-refractivity contribution in [3.05, 3.63) is 0 Å². The van der Waals surface area contributed by atoms with Crippen LogP contribution in [0, 0.1) is 70.5 Å². The first kappa shape index (κ1) is 21.8. The number of carbonyl (C=O) groups excluding carboxylic acids is 3. The number of rotatable bonds is 5. The van der Waals surface area contributed by atoms with Crippen LogP contribution in [0.1, 0.15) is 65.7 Å². The fourth-order valence-corrected chi connectivity index (χ4v) is 10.2. The zero-order valence-electron chi connectivity index (χ0n) is 20.6. The lowest BCUT2D eigenvalue weighted by Gasteiger charge is -2.41. The van der Waals surface area contributed by atoms with Gasteiger partial charge in [0.1, 0.15) is 11.9 Å². The second kappa shape index (κ2) is 7.30. The summed E-state index contributed by atoms with van der Waals surface area (Å²) in [6, 6.07) is 0. The first-order valence-electron chi connectivity index (χ1n) is 13.7. The summed E-state index contributed by atoms with van der Waals surface area (Å²) in [7, 11) is 0. The van der Waals surface area contributed by atoms with Crippen molar-refractivity contribution in [2.75, 3.05) is 6.79 Å². The highest BCUT2D eigenvalue weighted by atomic mass is 16.7. The van der Waals surface area contributed by atoms with Gasteiger partial charge in [0.2, 0.25) is 0 Å². The Hall–Kier alpha value is -1.43. The summed E-state index contributed by atoms with van der Waals surface area (Å²) >= 11 is 0. The third kappa shape index (κ3) is 2.99. The van der Waals surface area contributed by atoms with Gasteiger partial charge in [0.05, 0.1) is 17.4 Å². The van der Waals surface area contributed by atoms with Gasteiger partial charge in [-0.2, -0.15) is 0 Å². The van der Waals surface area contributed by atoms with Crippen molar-refractivity contribution in [1.82, 2.24) is 0 Å². The van der Waals surface area contributed by atoms with Crippen molar-refractivity contribution in [2.45, 2.75) is 77.9 Å². The maximum absolute atomic E-state index is 13.1. The normalized spacial score (nSPS) is 51.4. The van der Waals surface area contributed by atoms with Gasteiger partial charge in [-0.25, -0.2) is 0 Å². The summed E-state index contributed by atoms with van der Waals surface area (Å²) in [5.74, 6) is 4.62. The van der Waals surface area contributed by atoms with Gasteiger partial charge >= 0.3 is 11.9 Å². The molecule has 0 spiro atoms. The number of Topliss-reactive ketones (excluding diaryl/α,β-unsaturated/α-hetero) is 1. The number of fused-ring (bicyclic) bond motifs is 9. The number of ether oxygens (including phenoxy) is 3. The predicted octanol–water partition coefficient (Wildman–Crippen LogP) is 4.00. The van der Waals surface area contributed by atoms with Crippen LogP contribution in [0.2, 0.25) is 0 Å². The molecule has 8 saturated carbocycles. The average molecular weight is 471 g/mol. The molecule has 8 bridgehead atoms. The molecule has 34 heavy (non-hydrogen) atoms. The van der Waals surface area contributed by atoms with E-state index >= 15 is 0 Å². The lowest BCUT2D eigenvalue weighted by atomic mass is 9.66. The predicted molar refractivity (Wildman–Crippen MR) is 121 cm³/mol. The van der Waals surface area contributed by atoms with Gasteiger partial charge in [-0.05, 0) is 113 Å². The van der Waals surface area contributed by atoms with Gasteiger partial charge in [0.25, 0.3) is 0 Å². The molecule has 8 aliphatic rings. The molecule has 13 atom stereocenters. The first-order valence-corrected chi connectivity index (χ1v) is 13.7. The smallest absolute Gasteiger partial charge is 0.311 e. The molecule has 0 aromatic rings. The molecule has 0 N–H and O–H groups in total. The second-order valence-corrected chi connectivity index (χ2v) is 13.8. The molecule has 13 unspecified atom stereocenters. The summed E-state index contributed by atoms with van der Waals surface area (Å²) in [6.07, 6.45) is 7.29. The Morgan fingerprint density at radius 3 is 2.35 bits per heavy atom. The molecule has 186 valence electrons. The van der Waals surface area contributed by atoms with Crippen molar-refractivity contribution in [3.63, 3.8) is 0 Å². The van der Waals surface area contributed by atoms with Gasteiger partial charge in [-0.1, -0.05) is 0 Å². The van der Waals surface area contributed by atoms with E-state index in [-0.39, 0.29) is 48.7 Å². The van der Waals surface area contributed by atoms with Crippen LogP contribution in [0.15, 0.2) is 0 Å². The molecule has 8 rings (SSSR count). The third-order valence-corrected chi connectivity index (χ3v) is 11.2. The Kier molecular flexibility index (Phi) is 4.69. The summed E-state index contributed by atoms with van der Waals surface area (Å²) < 4.78 is 17.7. The highest BCUT2D eigenvalue weighted by molar-refractivity contribution is 5.88. The third-order valence-electron chi connectivity index (χ3n) is 11.2. The van der Waals surface area contributed by atoms with Crippen LogP contribution < -0.4 is 0 Å². The van der Waals surface area contributed by atoms with Crippen molar-refractivity contribution in [2.24, 2.45) is 70.5 Å². The molecule has 0 saturated heterocycles. The Morgan fingerprint density at radius 1 is 0.853 bits per heavy atom. The van der Waals surface area contributed by atoms with Crippen LogP contribution in [0.4, 0.5) is 0 Å². The van der Waals surface area contributed by atoms with Gasteiger partial charge in [0, 0.05) is 11.8 Å². The van der Waals surface area contributed by atoms with Crippen LogP contribution in [0.5, 0.6) is 0 Å². The Labute approximate surface area is 201 Å². The topological polar surface area (TPSA) is 78.9 Å². The van der Waals surface area contributed by atoms with Gasteiger partial charge in [-0.3, -0.25) is 14.4 Å². The monoisotopic (exact) mass is 470 g/mol. The van der Waals surface area contributed by atoms with Crippen LogP contribution in [0.3, 0.4) is 0 Å². The van der Waals surface area contributed by atoms with Crippen LogP contribution in [0.25, 0.3) is 0 Å². The second-order valence-electron chi connectivity index (χ2n) is 13.8. The number of hydrogen-bond donors (Lipinski definition) is 0. The fraction of sp³-hybridized carbons (Fsp3) is 0.893. The van der Waals surface area contributed by atoms with Crippen molar-refractivity contribution in [1.29, 1.82) is 0 Å². The van der Waals surface area contributed by atoms with E-state index in [0.717, 1.165) is 44.9 Å². The lowest BCUT2D eigenvalue weighted by Crippen LogP contribution is -2.42. The molecule has 6 nitrogen and oxygen atoms in total. The number of hydrogen-bond acceptors (Lipinski definition) is 6. The molecule has 8 fully saturated rings. The molecule has 0 aromatic carbocycles. The van der Waals surface area contributed by atoms with E-state index in [1.54, 1.807) is 0 Å². The van der Waals surface area contributed by atoms with E-state index in [0.29, 0.717) is 53.1 Å².